The van der Waals surface area contributed by atoms with Gasteiger partial charge in [0.05, 0.1) is 6.10 Å². The van der Waals surface area contributed by atoms with Gasteiger partial charge >= 0.3 is 0 Å². The van der Waals surface area contributed by atoms with Gasteiger partial charge in [0, 0.05) is 25.2 Å². The van der Waals surface area contributed by atoms with E-state index in [-0.39, 0.29) is 0 Å². The molecule has 0 saturated carbocycles. The van der Waals surface area contributed by atoms with Crippen molar-refractivity contribution in [2.45, 2.75) is 45.1 Å². The SMILES string of the molecule is CCC(=O)CCCSCC1CCCO1. The van der Waals surface area contributed by atoms with Crippen LogP contribution in [0.2, 0.25) is 0 Å². The highest BCUT2D eigenvalue weighted by molar-refractivity contribution is 7.99. The molecular formula is C11H20O2S. The first-order chi connectivity index (χ1) is 6.83. The van der Waals surface area contributed by atoms with E-state index in [1.165, 1.54) is 12.8 Å². The molecule has 1 fully saturated rings. The maximum atomic E-state index is 11.0. The molecule has 0 spiro atoms. The Bertz CT molecular complexity index is 165. The zero-order valence-electron chi connectivity index (χ0n) is 8.96. The lowest BCUT2D eigenvalue weighted by Gasteiger charge is -2.07. The summed E-state index contributed by atoms with van der Waals surface area (Å²) in [5.41, 5.74) is 0. The summed E-state index contributed by atoms with van der Waals surface area (Å²) < 4.78 is 5.51. The summed E-state index contributed by atoms with van der Waals surface area (Å²) in [6.07, 6.45) is 5.41. The zero-order valence-corrected chi connectivity index (χ0v) is 9.78. The second-order valence-electron chi connectivity index (χ2n) is 3.71. The van der Waals surface area contributed by atoms with Crippen molar-refractivity contribution >= 4 is 17.5 Å². The highest BCUT2D eigenvalue weighted by Crippen LogP contribution is 2.17. The molecule has 0 aromatic rings. The van der Waals surface area contributed by atoms with Crippen LogP contribution >= 0.6 is 11.8 Å². The van der Waals surface area contributed by atoms with Crippen LogP contribution in [0.4, 0.5) is 0 Å². The molecule has 2 nitrogen and oxygen atoms in total. The van der Waals surface area contributed by atoms with Gasteiger partial charge in [-0.05, 0) is 25.0 Å². The minimum absolute atomic E-state index is 0.391. The van der Waals surface area contributed by atoms with Gasteiger partial charge in [0.25, 0.3) is 0 Å². The van der Waals surface area contributed by atoms with Gasteiger partial charge in [-0.25, -0.2) is 0 Å². The Balaban J connectivity index is 1.86. The minimum Gasteiger partial charge on any atom is -0.377 e. The lowest BCUT2D eigenvalue weighted by molar-refractivity contribution is -0.118. The van der Waals surface area contributed by atoms with E-state index in [4.69, 9.17) is 4.74 Å². The zero-order chi connectivity index (χ0) is 10.2. The number of ether oxygens (including phenoxy) is 1. The number of Topliss-reactive ketones (excluding diaryl/α,β-unsaturated/α-hetero) is 1. The predicted octanol–water partition coefficient (Wildman–Crippen LogP) is 2.66. The van der Waals surface area contributed by atoms with E-state index in [1.807, 2.05) is 18.7 Å². The second kappa shape index (κ2) is 7.30. The van der Waals surface area contributed by atoms with Crippen LogP contribution < -0.4 is 0 Å². The van der Waals surface area contributed by atoms with Crippen molar-refractivity contribution in [3.63, 3.8) is 0 Å². The van der Waals surface area contributed by atoms with Gasteiger partial charge in [-0.2, -0.15) is 11.8 Å². The van der Waals surface area contributed by atoms with Crippen molar-refractivity contribution in [2.75, 3.05) is 18.1 Å². The molecule has 1 aliphatic heterocycles. The fourth-order valence-electron chi connectivity index (χ4n) is 1.54. The summed E-state index contributed by atoms with van der Waals surface area (Å²) in [5.74, 6) is 2.61. The number of hydrogen-bond acceptors (Lipinski definition) is 3. The van der Waals surface area contributed by atoms with Crippen LogP contribution in [0.15, 0.2) is 0 Å². The molecule has 0 aromatic carbocycles. The van der Waals surface area contributed by atoms with E-state index in [0.717, 1.165) is 31.0 Å². The third-order valence-electron chi connectivity index (χ3n) is 2.47. The monoisotopic (exact) mass is 216 g/mol. The molecule has 1 unspecified atom stereocenters. The van der Waals surface area contributed by atoms with Crippen LogP contribution in [-0.4, -0.2) is 30.0 Å². The average molecular weight is 216 g/mol. The second-order valence-corrected chi connectivity index (χ2v) is 4.86. The summed E-state index contributed by atoms with van der Waals surface area (Å²) in [6, 6.07) is 0. The molecule has 1 saturated heterocycles. The van der Waals surface area contributed by atoms with Crippen molar-refractivity contribution < 1.29 is 9.53 Å². The van der Waals surface area contributed by atoms with E-state index in [1.54, 1.807) is 0 Å². The first-order valence-corrected chi connectivity index (χ1v) is 6.69. The molecule has 82 valence electrons. The van der Waals surface area contributed by atoms with Crippen LogP contribution in [0.5, 0.6) is 0 Å². The fourth-order valence-corrected chi connectivity index (χ4v) is 2.58. The maximum Gasteiger partial charge on any atom is 0.132 e. The summed E-state index contributed by atoms with van der Waals surface area (Å²) in [6.45, 7) is 2.88. The van der Waals surface area contributed by atoms with Gasteiger partial charge in [-0.15, -0.1) is 0 Å². The Kier molecular flexibility index (Phi) is 6.28. The fraction of sp³-hybridized carbons (Fsp3) is 0.909. The van der Waals surface area contributed by atoms with Crippen molar-refractivity contribution in [1.29, 1.82) is 0 Å². The highest BCUT2D eigenvalue weighted by Gasteiger charge is 2.14. The van der Waals surface area contributed by atoms with Crippen LogP contribution in [-0.2, 0) is 9.53 Å². The van der Waals surface area contributed by atoms with Crippen LogP contribution in [0, 0.1) is 0 Å². The highest BCUT2D eigenvalue weighted by atomic mass is 32.2. The van der Waals surface area contributed by atoms with Crippen LogP contribution in [0.1, 0.15) is 39.0 Å². The normalized spacial score (nSPS) is 21.4. The Morgan fingerprint density at radius 3 is 3.07 bits per heavy atom. The number of carbonyl (C=O) groups is 1. The lowest BCUT2D eigenvalue weighted by atomic mass is 10.2. The Morgan fingerprint density at radius 2 is 2.43 bits per heavy atom. The first-order valence-electron chi connectivity index (χ1n) is 5.54. The molecular weight excluding hydrogens is 196 g/mol. The van der Waals surface area contributed by atoms with Crippen LogP contribution in [0.3, 0.4) is 0 Å². The molecule has 0 bridgehead atoms. The number of carbonyl (C=O) groups excluding carboxylic acids is 1. The molecule has 1 heterocycles. The van der Waals surface area contributed by atoms with Gasteiger partial charge in [-0.1, -0.05) is 6.92 Å². The summed E-state index contributed by atoms with van der Waals surface area (Å²) in [4.78, 5) is 11.0. The van der Waals surface area contributed by atoms with Gasteiger partial charge < -0.3 is 4.74 Å². The van der Waals surface area contributed by atoms with Crippen molar-refractivity contribution in [3.05, 3.63) is 0 Å². The molecule has 1 rings (SSSR count). The molecule has 14 heavy (non-hydrogen) atoms. The van der Waals surface area contributed by atoms with Gasteiger partial charge in [0.1, 0.15) is 5.78 Å². The molecule has 0 N–H and O–H groups in total. The number of hydrogen-bond donors (Lipinski definition) is 0. The Labute approximate surface area is 90.8 Å². The third kappa shape index (κ3) is 5.01. The molecule has 1 atom stereocenters. The Morgan fingerprint density at radius 1 is 1.57 bits per heavy atom. The van der Waals surface area contributed by atoms with Crippen molar-refractivity contribution in [2.24, 2.45) is 0 Å². The average Bonchev–Trinajstić information content (AvgIpc) is 2.69. The largest absolute Gasteiger partial charge is 0.377 e. The van der Waals surface area contributed by atoms with E-state index in [9.17, 15) is 4.79 Å². The molecule has 0 radical (unpaired) electrons. The summed E-state index contributed by atoms with van der Waals surface area (Å²) in [7, 11) is 0. The quantitative estimate of drug-likeness (QED) is 0.612. The number of thioether (sulfide) groups is 1. The van der Waals surface area contributed by atoms with E-state index >= 15 is 0 Å². The molecule has 0 aromatic heterocycles. The Hall–Kier alpha value is -0.0200. The minimum atomic E-state index is 0.391. The van der Waals surface area contributed by atoms with Gasteiger partial charge in [0.2, 0.25) is 0 Å². The van der Waals surface area contributed by atoms with Crippen molar-refractivity contribution in [1.82, 2.24) is 0 Å². The van der Waals surface area contributed by atoms with Crippen molar-refractivity contribution in [3.8, 4) is 0 Å². The molecule has 0 amide bonds. The number of ketones is 1. The van der Waals surface area contributed by atoms with E-state index in [2.05, 4.69) is 0 Å². The predicted molar refractivity (Wildman–Crippen MR) is 60.8 cm³/mol. The third-order valence-corrected chi connectivity index (χ3v) is 3.65. The summed E-state index contributed by atoms with van der Waals surface area (Å²) >= 11 is 1.93. The maximum absolute atomic E-state index is 11.0. The lowest BCUT2D eigenvalue weighted by Crippen LogP contribution is -2.08. The van der Waals surface area contributed by atoms with Gasteiger partial charge in [-0.3, -0.25) is 4.79 Å². The topological polar surface area (TPSA) is 26.3 Å². The number of rotatable bonds is 7. The molecule has 0 aliphatic carbocycles. The standard InChI is InChI=1S/C11H20O2S/c1-2-10(12)5-4-8-14-9-11-6-3-7-13-11/h11H,2-9H2,1H3. The van der Waals surface area contributed by atoms with Gasteiger partial charge in [0.15, 0.2) is 0 Å². The van der Waals surface area contributed by atoms with E-state index < -0.39 is 0 Å². The molecule has 1 aliphatic rings. The smallest absolute Gasteiger partial charge is 0.132 e. The first kappa shape index (κ1) is 12.1. The molecule has 3 heteroatoms. The summed E-state index contributed by atoms with van der Waals surface area (Å²) in [5, 5.41) is 0. The van der Waals surface area contributed by atoms with E-state index in [0.29, 0.717) is 18.3 Å². The van der Waals surface area contributed by atoms with Crippen LogP contribution in [0.25, 0.3) is 0 Å².